The maximum absolute atomic E-state index is 5.41. The molecule has 0 aliphatic heterocycles. The second kappa shape index (κ2) is 4.09. The molecule has 2 aromatic rings. The quantitative estimate of drug-likeness (QED) is 0.786. The molecule has 2 heterocycles. The molecular weight excluding hydrogens is 212 g/mol. The number of hydrogen-bond acceptors (Lipinski definition) is 7. The Hall–Kier alpha value is -1.89. The van der Waals surface area contributed by atoms with Crippen LogP contribution in [0.3, 0.4) is 0 Å². The third-order valence-corrected chi connectivity index (χ3v) is 2.30. The molecule has 0 bridgehead atoms. The third-order valence-electron chi connectivity index (χ3n) is 1.66. The highest BCUT2D eigenvalue weighted by Crippen LogP contribution is 2.23. The molecular formula is C8H8N6S. The number of aryl methyl sites for hydroxylation is 1. The summed E-state index contributed by atoms with van der Waals surface area (Å²) in [7, 11) is 0. The van der Waals surface area contributed by atoms with Crippen LogP contribution in [0.25, 0.3) is 0 Å². The molecule has 2 aromatic heterocycles. The van der Waals surface area contributed by atoms with Gasteiger partial charge >= 0.3 is 0 Å². The van der Waals surface area contributed by atoms with Crippen LogP contribution in [-0.4, -0.2) is 15.2 Å². The van der Waals surface area contributed by atoms with Crippen molar-refractivity contribution in [2.24, 2.45) is 10.2 Å². The second-order valence-electron chi connectivity index (χ2n) is 2.79. The zero-order valence-corrected chi connectivity index (χ0v) is 8.77. The minimum absolute atomic E-state index is 0.385. The minimum atomic E-state index is 0.385. The Morgan fingerprint density at radius 2 is 2.20 bits per heavy atom. The molecule has 0 aliphatic rings. The van der Waals surface area contributed by atoms with Gasteiger partial charge in [0.05, 0.1) is 5.69 Å². The van der Waals surface area contributed by atoms with E-state index in [0.29, 0.717) is 10.3 Å². The summed E-state index contributed by atoms with van der Waals surface area (Å²) in [6, 6.07) is 1.78. The number of nitrogens with zero attached hydrogens (tertiary/aromatic N) is 5. The van der Waals surface area contributed by atoms with Gasteiger partial charge in [0.15, 0.2) is 0 Å². The maximum atomic E-state index is 5.41. The fourth-order valence-electron chi connectivity index (χ4n) is 0.942. The standard InChI is InChI=1S/C8H8N6S/c1-5-4-10-3-2-6(5)11-13-8-14-12-7(9)15-8/h2-4H,1H3,(H2,9,12). The first kappa shape index (κ1) is 9.66. The van der Waals surface area contributed by atoms with E-state index in [1.54, 1.807) is 18.5 Å². The first-order chi connectivity index (χ1) is 7.25. The summed E-state index contributed by atoms with van der Waals surface area (Å²) in [5, 5.41) is 16.1. The lowest BCUT2D eigenvalue weighted by Gasteiger charge is -1.94. The SMILES string of the molecule is Cc1cnccc1N=Nc1nnc(N)s1. The minimum Gasteiger partial charge on any atom is -0.374 e. The van der Waals surface area contributed by atoms with Crippen LogP contribution in [0, 0.1) is 6.92 Å². The van der Waals surface area contributed by atoms with Gasteiger partial charge in [-0.3, -0.25) is 4.98 Å². The number of hydrogen-bond donors (Lipinski definition) is 1. The molecule has 6 nitrogen and oxygen atoms in total. The molecule has 0 fully saturated rings. The Bertz CT molecular complexity index is 491. The molecule has 0 radical (unpaired) electrons. The van der Waals surface area contributed by atoms with Gasteiger partial charge in [-0.25, -0.2) is 0 Å². The highest BCUT2D eigenvalue weighted by molar-refractivity contribution is 7.18. The second-order valence-corrected chi connectivity index (χ2v) is 3.77. The van der Waals surface area contributed by atoms with Crippen molar-refractivity contribution < 1.29 is 0 Å². The fraction of sp³-hybridized carbons (Fsp3) is 0.125. The van der Waals surface area contributed by atoms with Crippen LogP contribution < -0.4 is 5.73 Å². The van der Waals surface area contributed by atoms with Crippen LogP contribution in [0.5, 0.6) is 0 Å². The van der Waals surface area contributed by atoms with Gasteiger partial charge in [-0.2, -0.15) is 0 Å². The first-order valence-electron chi connectivity index (χ1n) is 4.17. The van der Waals surface area contributed by atoms with E-state index in [-0.39, 0.29) is 0 Å². The van der Waals surface area contributed by atoms with E-state index in [9.17, 15) is 0 Å². The van der Waals surface area contributed by atoms with Crippen molar-refractivity contribution in [2.45, 2.75) is 6.92 Å². The predicted molar refractivity (Wildman–Crippen MR) is 57.5 cm³/mol. The van der Waals surface area contributed by atoms with Crippen molar-refractivity contribution in [3.8, 4) is 0 Å². The van der Waals surface area contributed by atoms with Crippen molar-refractivity contribution in [1.82, 2.24) is 15.2 Å². The molecule has 0 aromatic carbocycles. The van der Waals surface area contributed by atoms with E-state index >= 15 is 0 Å². The summed E-state index contributed by atoms with van der Waals surface area (Å²) in [4.78, 5) is 3.96. The van der Waals surface area contributed by atoms with E-state index in [1.807, 2.05) is 6.92 Å². The van der Waals surface area contributed by atoms with Gasteiger partial charge in [0, 0.05) is 12.4 Å². The molecule has 0 saturated carbocycles. The third kappa shape index (κ3) is 2.32. The lowest BCUT2D eigenvalue weighted by Crippen LogP contribution is -1.79. The normalized spacial score (nSPS) is 11.0. The zero-order chi connectivity index (χ0) is 10.7. The van der Waals surface area contributed by atoms with Gasteiger partial charge in [-0.05, 0) is 18.6 Å². The largest absolute Gasteiger partial charge is 0.374 e. The average Bonchev–Trinajstić information content (AvgIpc) is 2.63. The molecule has 0 amide bonds. The monoisotopic (exact) mass is 220 g/mol. The molecule has 0 spiro atoms. The van der Waals surface area contributed by atoms with Crippen LogP contribution in [0.4, 0.5) is 16.0 Å². The van der Waals surface area contributed by atoms with Crippen LogP contribution in [0.15, 0.2) is 28.7 Å². The van der Waals surface area contributed by atoms with Crippen molar-refractivity contribution in [3.05, 3.63) is 24.0 Å². The molecule has 7 heteroatoms. The van der Waals surface area contributed by atoms with Gasteiger partial charge in [-0.1, -0.05) is 11.3 Å². The van der Waals surface area contributed by atoms with E-state index in [1.165, 1.54) is 11.3 Å². The van der Waals surface area contributed by atoms with Crippen LogP contribution in [-0.2, 0) is 0 Å². The molecule has 0 aliphatic carbocycles. The van der Waals surface area contributed by atoms with E-state index in [0.717, 1.165) is 11.3 Å². The summed E-state index contributed by atoms with van der Waals surface area (Å²) in [5.41, 5.74) is 7.13. The number of nitrogen functional groups attached to an aromatic ring is 1. The van der Waals surface area contributed by atoms with Crippen LogP contribution in [0.2, 0.25) is 0 Å². The maximum Gasteiger partial charge on any atom is 0.253 e. The number of rotatable bonds is 2. The van der Waals surface area contributed by atoms with Gasteiger partial charge in [-0.15, -0.1) is 20.4 Å². The lowest BCUT2D eigenvalue weighted by atomic mass is 10.3. The Balaban J connectivity index is 2.22. The van der Waals surface area contributed by atoms with Crippen LogP contribution in [0.1, 0.15) is 5.56 Å². The number of anilines is 1. The molecule has 2 rings (SSSR count). The van der Waals surface area contributed by atoms with Crippen LogP contribution >= 0.6 is 11.3 Å². The van der Waals surface area contributed by atoms with Crippen molar-refractivity contribution in [1.29, 1.82) is 0 Å². The number of azo groups is 1. The van der Waals surface area contributed by atoms with Crippen molar-refractivity contribution >= 4 is 27.3 Å². The number of aromatic nitrogens is 3. The zero-order valence-electron chi connectivity index (χ0n) is 7.95. The molecule has 0 unspecified atom stereocenters. The molecule has 15 heavy (non-hydrogen) atoms. The Morgan fingerprint density at radius 3 is 2.87 bits per heavy atom. The van der Waals surface area contributed by atoms with Crippen molar-refractivity contribution in [2.75, 3.05) is 5.73 Å². The summed E-state index contributed by atoms with van der Waals surface area (Å²) < 4.78 is 0. The first-order valence-corrected chi connectivity index (χ1v) is 4.98. The Kier molecular flexibility index (Phi) is 2.64. The molecule has 2 N–H and O–H groups in total. The Labute approximate surface area is 89.9 Å². The summed E-state index contributed by atoms with van der Waals surface area (Å²) in [5.74, 6) is 0. The van der Waals surface area contributed by atoms with Gasteiger partial charge < -0.3 is 5.73 Å². The summed E-state index contributed by atoms with van der Waals surface area (Å²) >= 11 is 1.19. The topological polar surface area (TPSA) is 89.4 Å². The highest BCUT2D eigenvalue weighted by Gasteiger charge is 1.99. The van der Waals surface area contributed by atoms with Crippen molar-refractivity contribution in [3.63, 3.8) is 0 Å². The number of pyridine rings is 1. The van der Waals surface area contributed by atoms with Gasteiger partial charge in [0.2, 0.25) is 5.13 Å². The summed E-state index contributed by atoms with van der Waals surface area (Å²) in [6.45, 7) is 1.91. The molecule has 0 saturated heterocycles. The lowest BCUT2D eigenvalue weighted by molar-refractivity contribution is 1.06. The smallest absolute Gasteiger partial charge is 0.253 e. The highest BCUT2D eigenvalue weighted by atomic mass is 32.1. The van der Waals surface area contributed by atoms with Gasteiger partial charge in [0.25, 0.3) is 5.13 Å². The Morgan fingerprint density at radius 1 is 1.33 bits per heavy atom. The average molecular weight is 220 g/mol. The summed E-state index contributed by atoms with van der Waals surface area (Å²) in [6.07, 6.45) is 3.39. The van der Waals surface area contributed by atoms with Gasteiger partial charge in [0.1, 0.15) is 0 Å². The van der Waals surface area contributed by atoms with E-state index in [2.05, 4.69) is 25.4 Å². The number of nitrogens with two attached hydrogens (primary N) is 1. The predicted octanol–water partition coefficient (Wildman–Crippen LogP) is 2.24. The molecule has 0 atom stereocenters. The van der Waals surface area contributed by atoms with E-state index in [4.69, 9.17) is 5.73 Å². The molecule has 76 valence electrons. The van der Waals surface area contributed by atoms with E-state index < -0.39 is 0 Å². The fourth-order valence-corrected chi connectivity index (χ4v) is 1.37.